The van der Waals surface area contributed by atoms with Crippen molar-refractivity contribution in [2.24, 2.45) is 0 Å². The fourth-order valence-corrected chi connectivity index (χ4v) is 1.41. The van der Waals surface area contributed by atoms with Gasteiger partial charge < -0.3 is 9.84 Å². The second-order valence-corrected chi connectivity index (χ2v) is 3.26. The van der Waals surface area contributed by atoms with Gasteiger partial charge in [0.25, 0.3) is 0 Å². The second-order valence-electron chi connectivity index (χ2n) is 3.26. The highest BCUT2D eigenvalue weighted by atomic mass is 16.5. The topological polar surface area (TPSA) is 76.7 Å². The molecular weight excluding hydrogens is 210 g/mol. The molecule has 0 aliphatic rings. The quantitative estimate of drug-likeness (QED) is 0.818. The van der Waals surface area contributed by atoms with Gasteiger partial charge in [-0.2, -0.15) is 5.10 Å². The van der Waals surface area contributed by atoms with E-state index in [1.165, 1.54) is 10.6 Å². The van der Waals surface area contributed by atoms with Gasteiger partial charge in [-0.3, -0.25) is 0 Å². The number of pyridine rings is 1. The number of rotatable bonds is 4. The average Bonchev–Trinajstić information content (AvgIpc) is 2.68. The van der Waals surface area contributed by atoms with Crippen LogP contribution in [0.1, 0.15) is 16.3 Å². The van der Waals surface area contributed by atoms with E-state index in [2.05, 4.69) is 10.1 Å². The van der Waals surface area contributed by atoms with Gasteiger partial charge in [-0.1, -0.05) is 6.07 Å². The van der Waals surface area contributed by atoms with Crippen molar-refractivity contribution >= 4 is 11.6 Å². The fourth-order valence-electron chi connectivity index (χ4n) is 1.41. The van der Waals surface area contributed by atoms with Crippen molar-refractivity contribution in [3.63, 3.8) is 0 Å². The summed E-state index contributed by atoms with van der Waals surface area (Å²) in [5, 5.41) is 13.1. The highest BCUT2D eigenvalue weighted by molar-refractivity contribution is 5.86. The van der Waals surface area contributed by atoms with E-state index in [4.69, 9.17) is 9.84 Å². The summed E-state index contributed by atoms with van der Waals surface area (Å²) < 4.78 is 6.24. The summed E-state index contributed by atoms with van der Waals surface area (Å²) in [4.78, 5) is 15.1. The standard InChI is InChI=1S/C10H11N3O3/c1-16-6-5-8-11-9-4-2-3-7(10(14)15)13(9)12-8/h2-4H,5-6H2,1H3,(H,14,15). The molecule has 0 unspecified atom stereocenters. The van der Waals surface area contributed by atoms with Gasteiger partial charge in [0.05, 0.1) is 6.61 Å². The van der Waals surface area contributed by atoms with Crippen LogP contribution in [0.3, 0.4) is 0 Å². The third-order valence-electron chi connectivity index (χ3n) is 2.15. The number of fused-ring (bicyclic) bond motifs is 1. The van der Waals surface area contributed by atoms with Crippen molar-refractivity contribution in [1.29, 1.82) is 0 Å². The molecule has 84 valence electrons. The number of ether oxygens (including phenoxy) is 1. The molecule has 0 amide bonds. The molecule has 0 atom stereocenters. The normalized spacial score (nSPS) is 10.8. The van der Waals surface area contributed by atoms with Gasteiger partial charge in [0.2, 0.25) is 0 Å². The van der Waals surface area contributed by atoms with Crippen molar-refractivity contribution < 1.29 is 14.6 Å². The highest BCUT2D eigenvalue weighted by Crippen LogP contribution is 2.06. The van der Waals surface area contributed by atoms with E-state index >= 15 is 0 Å². The lowest BCUT2D eigenvalue weighted by atomic mass is 10.3. The molecule has 1 N–H and O–H groups in total. The van der Waals surface area contributed by atoms with Gasteiger partial charge >= 0.3 is 5.97 Å². The van der Waals surface area contributed by atoms with Crippen molar-refractivity contribution in [3.05, 3.63) is 29.7 Å². The fraction of sp³-hybridized carbons (Fsp3) is 0.300. The average molecular weight is 221 g/mol. The van der Waals surface area contributed by atoms with E-state index in [9.17, 15) is 4.79 Å². The van der Waals surface area contributed by atoms with E-state index in [0.29, 0.717) is 24.5 Å². The summed E-state index contributed by atoms with van der Waals surface area (Å²) in [6.45, 7) is 0.513. The zero-order valence-electron chi connectivity index (χ0n) is 8.75. The van der Waals surface area contributed by atoms with Crippen LogP contribution in [0.15, 0.2) is 18.2 Å². The second kappa shape index (κ2) is 4.28. The molecular formula is C10H11N3O3. The van der Waals surface area contributed by atoms with Crippen LogP contribution in [0, 0.1) is 0 Å². The summed E-state index contributed by atoms with van der Waals surface area (Å²) in [6, 6.07) is 4.85. The van der Waals surface area contributed by atoms with Crippen LogP contribution in [0.2, 0.25) is 0 Å². The van der Waals surface area contributed by atoms with Crippen LogP contribution >= 0.6 is 0 Å². The number of carboxylic acids is 1. The third-order valence-corrected chi connectivity index (χ3v) is 2.15. The van der Waals surface area contributed by atoms with Crippen LogP contribution in [0.25, 0.3) is 5.65 Å². The van der Waals surface area contributed by atoms with Gasteiger partial charge in [-0.15, -0.1) is 0 Å². The summed E-state index contributed by atoms with van der Waals surface area (Å²) >= 11 is 0. The summed E-state index contributed by atoms with van der Waals surface area (Å²) in [5.41, 5.74) is 0.639. The van der Waals surface area contributed by atoms with Crippen LogP contribution < -0.4 is 0 Å². The van der Waals surface area contributed by atoms with Crippen LogP contribution in [-0.2, 0) is 11.2 Å². The lowest BCUT2D eigenvalue weighted by Crippen LogP contribution is -2.06. The minimum Gasteiger partial charge on any atom is -0.477 e. The maximum Gasteiger partial charge on any atom is 0.354 e. The highest BCUT2D eigenvalue weighted by Gasteiger charge is 2.11. The lowest BCUT2D eigenvalue weighted by Gasteiger charge is -1.96. The Morgan fingerprint density at radius 1 is 1.56 bits per heavy atom. The van der Waals surface area contributed by atoms with Gasteiger partial charge in [0, 0.05) is 13.5 Å². The molecule has 0 spiro atoms. The Kier molecular flexibility index (Phi) is 2.82. The zero-order valence-corrected chi connectivity index (χ0v) is 8.75. The van der Waals surface area contributed by atoms with E-state index in [1.807, 2.05) is 0 Å². The predicted molar refractivity (Wildman–Crippen MR) is 55.5 cm³/mol. The van der Waals surface area contributed by atoms with Gasteiger partial charge in [0.15, 0.2) is 17.2 Å². The molecule has 2 rings (SSSR count). The monoisotopic (exact) mass is 221 g/mol. The Balaban J connectivity index is 2.44. The molecule has 2 aromatic heterocycles. The Morgan fingerprint density at radius 2 is 2.38 bits per heavy atom. The molecule has 2 heterocycles. The number of aromatic carboxylic acids is 1. The first kappa shape index (κ1) is 10.6. The Hall–Kier alpha value is -1.95. The Bertz CT molecular complexity index is 521. The number of carbonyl (C=O) groups is 1. The number of carboxylic acid groups (broad SMARTS) is 1. The predicted octanol–water partition coefficient (Wildman–Crippen LogP) is 0.616. The number of nitrogens with zero attached hydrogens (tertiary/aromatic N) is 3. The summed E-state index contributed by atoms with van der Waals surface area (Å²) in [6.07, 6.45) is 0.567. The molecule has 0 radical (unpaired) electrons. The van der Waals surface area contributed by atoms with E-state index < -0.39 is 5.97 Å². The molecule has 16 heavy (non-hydrogen) atoms. The molecule has 6 heteroatoms. The molecule has 0 aromatic carbocycles. The van der Waals surface area contributed by atoms with Crippen molar-refractivity contribution in [2.45, 2.75) is 6.42 Å². The lowest BCUT2D eigenvalue weighted by molar-refractivity contribution is 0.0687. The molecule has 6 nitrogen and oxygen atoms in total. The zero-order chi connectivity index (χ0) is 11.5. The van der Waals surface area contributed by atoms with Crippen LogP contribution in [0.5, 0.6) is 0 Å². The van der Waals surface area contributed by atoms with Crippen LogP contribution in [0.4, 0.5) is 0 Å². The van der Waals surface area contributed by atoms with Gasteiger partial charge in [-0.25, -0.2) is 14.3 Å². The Morgan fingerprint density at radius 3 is 3.06 bits per heavy atom. The van der Waals surface area contributed by atoms with E-state index in [-0.39, 0.29) is 5.69 Å². The molecule has 0 aliphatic carbocycles. The number of methoxy groups -OCH3 is 1. The third kappa shape index (κ3) is 1.87. The summed E-state index contributed by atoms with van der Waals surface area (Å²) in [7, 11) is 1.60. The first-order valence-electron chi connectivity index (χ1n) is 4.79. The Labute approximate surface area is 91.5 Å². The molecule has 0 saturated carbocycles. The number of hydrogen-bond acceptors (Lipinski definition) is 4. The van der Waals surface area contributed by atoms with Crippen molar-refractivity contribution in [3.8, 4) is 0 Å². The van der Waals surface area contributed by atoms with E-state index in [0.717, 1.165) is 0 Å². The van der Waals surface area contributed by atoms with Gasteiger partial charge in [0.1, 0.15) is 0 Å². The SMILES string of the molecule is COCCc1nc2cccc(C(=O)O)n2n1. The molecule has 2 aromatic rings. The smallest absolute Gasteiger partial charge is 0.354 e. The number of hydrogen-bond donors (Lipinski definition) is 1. The van der Waals surface area contributed by atoms with E-state index in [1.54, 1.807) is 19.2 Å². The van der Waals surface area contributed by atoms with Crippen molar-refractivity contribution in [2.75, 3.05) is 13.7 Å². The first-order chi connectivity index (χ1) is 7.72. The maximum atomic E-state index is 10.9. The summed E-state index contributed by atoms with van der Waals surface area (Å²) in [5.74, 6) is -0.440. The molecule has 0 fully saturated rings. The minimum atomic E-state index is -1.02. The van der Waals surface area contributed by atoms with Crippen LogP contribution in [-0.4, -0.2) is 39.4 Å². The first-order valence-corrected chi connectivity index (χ1v) is 4.79. The molecule has 0 saturated heterocycles. The van der Waals surface area contributed by atoms with Gasteiger partial charge in [-0.05, 0) is 12.1 Å². The van der Waals surface area contributed by atoms with Crippen molar-refractivity contribution in [1.82, 2.24) is 14.6 Å². The minimum absolute atomic E-state index is 0.105. The molecule has 0 bridgehead atoms. The number of aromatic nitrogens is 3. The molecule has 0 aliphatic heterocycles. The maximum absolute atomic E-state index is 10.9. The largest absolute Gasteiger partial charge is 0.477 e.